The SMILES string of the molecule is COc1cc(/C=N\NC(=O)c2cnccn2)cc(Br)c1OCc1ccccc1Cl. The number of carbonyl (C=O) groups is 1. The zero-order valence-electron chi connectivity index (χ0n) is 15.3. The third-order valence-corrected chi connectivity index (χ3v) is 4.71. The van der Waals surface area contributed by atoms with E-state index in [9.17, 15) is 4.79 Å². The number of methoxy groups -OCH3 is 1. The van der Waals surface area contributed by atoms with Crippen LogP contribution in [-0.4, -0.2) is 29.2 Å². The maximum Gasteiger partial charge on any atom is 0.291 e. The summed E-state index contributed by atoms with van der Waals surface area (Å²) in [5, 5.41) is 4.57. The first-order chi connectivity index (χ1) is 14.1. The molecule has 1 N–H and O–H groups in total. The highest BCUT2D eigenvalue weighted by atomic mass is 79.9. The number of hydrogen-bond donors (Lipinski definition) is 1. The van der Waals surface area contributed by atoms with Crippen molar-refractivity contribution >= 4 is 39.7 Å². The van der Waals surface area contributed by atoms with Gasteiger partial charge in [-0.3, -0.25) is 9.78 Å². The number of halogens is 2. The Labute approximate surface area is 180 Å². The van der Waals surface area contributed by atoms with E-state index in [2.05, 4.69) is 36.4 Å². The molecule has 0 aliphatic rings. The van der Waals surface area contributed by atoms with Crippen molar-refractivity contribution < 1.29 is 14.3 Å². The Hall–Kier alpha value is -2.97. The molecule has 3 aromatic rings. The number of carbonyl (C=O) groups excluding carboxylic acids is 1. The summed E-state index contributed by atoms with van der Waals surface area (Å²) >= 11 is 9.66. The summed E-state index contributed by atoms with van der Waals surface area (Å²) in [7, 11) is 1.54. The van der Waals surface area contributed by atoms with E-state index in [-0.39, 0.29) is 12.3 Å². The summed E-state index contributed by atoms with van der Waals surface area (Å²) in [6.07, 6.45) is 5.76. The molecule has 0 aliphatic heterocycles. The molecule has 3 rings (SSSR count). The molecular weight excluding hydrogens is 460 g/mol. The molecule has 1 aromatic heterocycles. The Morgan fingerprint density at radius 2 is 2.14 bits per heavy atom. The molecule has 29 heavy (non-hydrogen) atoms. The van der Waals surface area contributed by atoms with E-state index in [4.69, 9.17) is 21.1 Å². The fraction of sp³-hybridized carbons (Fsp3) is 0.100. The van der Waals surface area contributed by atoms with Gasteiger partial charge in [-0.05, 0) is 39.7 Å². The number of rotatable bonds is 7. The van der Waals surface area contributed by atoms with E-state index in [1.165, 1.54) is 24.8 Å². The first-order valence-electron chi connectivity index (χ1n) is 8.41. The van der Waals surface area contributed by atoms with Gasteiger partial charge in [0, 0.05) is 23.0 Å². The number of hydrazone groups is 1. The van der Waals surface area contributed by atoms with Crippen LogP contribution in [0.3, 0.4) is 0 Å². The first-order valence-corrected chi connectivity index (χ1v) is 9.58. The molecular formula is C20H16BrClN4O3. The monoisotopic (exact) mass is 474 g/mol. The number of amides is 1. The van der Waals surface area contributed by atoms with Gasteiger partial charge in [0.05, 0.1) is 24.0 Å². The van der Waals surface area contributed by atoms with Crippen LogP contribution in [-0.2, 0) is 6.61 Å². The number of ether oxygens (including phenoxy) is 2. The molecule has 0 spiro atoms. The summed E-state index contributed by atoms with van der Waals surface area (Å²) in [5.41, 5.74) is 4.13. The van der Waals surface area contributed by atoms with Gasteiger partial charge in [-0.15, -0.1) is 0 Å². The van der Waals surface area contributed by atoms with E-state index in [0.717, 1.165) is 5.56 Å². The highest BCUT2D eigenvalue weighted by Crippen LogP contribution is 2.37. The van der Waals surface area contributed by atoms with Gasteiger partial charge in [0.25, 0.3) is 5.91 Å². The Bertz CT molecular complexity index is 1030. The van der Waals surface area contributed by atoms with Crippen LogP contribution in [0, 0.1) is 0 Å². The van der Waals surface area contributed by atoms with E-state index in [0.29, 0.717) is 26.6 Å². The van der Waals surface area contributed by atoms with Crippen LogP contribution in [0.1, 0.15) is 21.6 Å². The minimum absolute atomic E-state index is 0.173. The van der Waals surface area contributed by atoms with E-state index < -0.39 is 5.91 Å². The Morgan fingerprint density at radius 3 is 2.86 bits per heavy atom. The van der Waals surface area contributed by atoms with Crippen molar-refractivity contribution in [2.45, 2.75) is 6.61 Å². The zero-order chi connectivity index (χ0) is 20.6. The van der Waals surface area contributed by atoms with Gasteiger partial charge in [0.1, 0.15) is 12.3 Å². The lowest BCUT2D eigenvalue weighted by atomic mass is 10.2. The highest BCUT2D eigenvalue weighted by Gasteiger charge is 2.12. The molecule has 2 aromatic carbocycles. The third-order valence-electron chi connectivity index (χ3n) is 3.76. The molecule has 9 heteroatoms. The molecule has 0 bridgehead atoms. The molecule has 0 fully saturated rings. The Kier molecular flexibility index (Phi) is 7.15. The Morgan fingerprint density at radius 1 is 1.31 bits per heavy atom. The van der Waals surface area contributed by atoms with Crippen molar-refractivity contribution in [2.75, 3.05) is 7.11 Å². The van der Waals surface area contributed by atoms with Gasteiger partial charge in [-0.1, -0.05) is 29.8 Å². The number of nitrogens with zero attached hydrogens (tertiary/aromatic N) is 3. The van der Waals surface area contributed by atoms with Gasteiger partial charge in [-0.25, -0.2) is 10.4 Å². The number of hydrogen-bond acceptors (Lipinski definition) is 6. The minimum atomic E-state index is -0.458. The fourth-order valence-corrected chi connectivity index (χ4v) is 3.12. The molecule has 7 nitrogen and oxygen atoms in total. The van der Waals surface area contributed by atoms with Crippen molar-refractivity contribution in [3.05, 3.63) is 81.3 Å². The lowest BCUT2D eigenvalue weighted by molar-refractivity contribution is 0.0949. The van der Waals surface area contributed by atoms with Gasteiger partial charge in [0.2, 0.25) is 0 Å². The predicted molar refractivity (Wildman–Crippen MR) is 114 cm³/mol. The summed E-state index contributed by atoms with van der Waals surface area (Å²) in [5.74, 6) is 0.585. The fourth-order valence-electron chi connectivity index (χ4n) is 2.36. The van der Waals surface area contributed by atoms with E-state index >= 15 is 0 Å². The maximum atomic E-state index is 11.9. The van der Waals surface area contributed by atoms with Gasteiger partial charge in [-0.2, -0.15) is 5.10 Å². The van der Waals surface area contributed by atoms with Crippen LogP contribution in [0.5, 0.6) is 11.5 Å². The Balaban J connectivity index is 1.70. The smallest absolute Gasteiger partial charge is 0.291 e. The van der Waals surface area contributed by atoms with Crippen LogP contribution in [0.15, 0.2) is 64.6 Å². The molecule has 148 valence electrons. The minimum Gasteiger partial charge on any atom is -0.493 e. The summed E-state index contributed by atoms with van der Waals surface area (Å²) in [6.45, 7) is 0.288. The van der Waals surface area contributed by atoms with Gasteiger partial charge < -0.3 is 9.47 Å². The van der Waals surface area contributed by atoms with Crippen molar-refractivity contribution in [3.8, 4) is 11.5 Å². The lowest BCUT2D eigenvalue weighted by Crippen LogP contribution is -2.19. The second-order valence-electron chi connectivity index (χ2n) is 5.70. The molecule has 0 unspecified atom stereocenters. The molecule has 0 atom stereocenters. The molecule has 0 aliphatic carbocycles. The van der Waals surface area contributed by atoms with Crippen LogP contribution in [0.4, 0.5) is 0 Å². The number of aromatic nitrogens is 2. The second kappa shape index (κ2) is 9.99. The molecule has 0 radical (unpaired) electrons. The summed E-state index contributed by atoms with van der Waals surface area (Å²) < 4.78 is 12.0. The van der Waals surface area contributed by atoms with E-state index in [1.54, 1.807) is 25.3 Å². The summed E-state index contributed by atoms with van der Waals surface area (Å²) in [4.78, 5) is 19.7. The number of benzene rings is 2. The topological polar surface area (TPSA) is 85.7 Å². The lowest BCUT2D eigenvalue weighted by Gasteiger charge is -2.14. The zero-order valence-corrected chi connectivity index (χ0v) is 17.6. The van der Waals surface area contributed by atoms with Crippen LogP contribution < -0.4 is 14.9 Å². The quantitative estimate of drug-likeness (QED) is 0.408. The molecule has 0 saturated heterocycles. The number of nitrogens with one attached hydrogen (secondary N) is 1. The van der Waals surface area contributed by atoms with E-state index in [1.807, 2.05) is 18.2 Å². The van der Waals surface area contributed by atoms with Gasteiger partial charge >= 0.3 is 0 Å². The van der Waals surface area contributed by atoms with Crippen molar-refractivity contribution in [1.29, 1.82) is 0 Å². The maximum absolute atomic E-state index is 11.9. The standard InChI is InChI=1S/C20H16BrClN4O3/c1-28-18-9-13(10-25-26-20(27)17-11-23-6-7-24-17)8-15(21)19(18)29-12-14-4-2-3-5-16(14)22/h2-11H,12H2,1H3,(H,26,27)/b25-10-. The average Bonchev–Trinajstić information content (AvgIpc) is 2.74. The molecule has 0 saturated carbocycles. The average molecular weight is 476 g/mol. The van der Waals surface area contributed by atoms with Crippen LogP contribution in [0.25, 0.3) is 0 Å². The van der Waals surface area contributed by atoms with Crippen molar-refractivity contribution in [2.24, 2.45) is 5.10 Å². The van der Waals surface area contributed by atoms with Gasteiger partial charge in [0.15, 0.2) is 11.5 Å². The van der Waals surface area contributed by atoms with Crippen molar-refractivity contribution in [3.63, 3.8) is 0 Å². The summed E-state index contributed by atoms with van der Waals surface area (Å²) in [6, 6.07) is 11.0. The van der Waals surface area contributed by atoms with Crippen LogP contribution >= 0.6 is 27.5 Å². The normalized spacial score (nSPS) is 10.7. The molecule has 1 heterocycles. The van der Waals surface area contributed by atoms with Crippen molar-refractivity contribution in [1.82, 2.24) is 15.4 Å². The third kappa shape index (κ3) is 5.52. The first kappa shape index (κ1) is 20.8. The highest BCUT2D eigenvalue weighted by molar-refractivity contribution is 9.10. The second-order valence-corrected chi connectivity index (χ2v) is 6.97. The largest absolute Gasteiger partial charge is 0.493 e. The van der Waals surface area contributed by atoms with Crippen LogP contribution in [0.2, 0.25) is 5.02 Å². The molecule has 1 amide bonds. The predicted octanol–water partition coefficient (Wildman–Crippen LogP) is 4.24.